The van der Waals surface area contributed by atoms with Crippen molar-refractivity contribution in [1.29, 1.82) is 0 Å². The van der Waals surface area contributed by atoms with Crippen LogP contribution in [0.4, 0.5) is 4.79 Å². The van der Waals surface area contributed by atoms with Gasteiger partial charge in [-0.25, -0.2) is 4.79 Å². The molecule has 2 fully saturated rings. The van der Waals surface area contributed by atoms with Gasteiger partial charge in [0.2, 0.25) is 0 Å². The van der Waals surface area contributed by atoms with Crippen molar-refractivity contribution in [3.63, 3.8) is 0 Å². The van der Waals surface area contributed by atoms with Crippen molar-refractivity contribution in [1.82, 2.24) is 24.9 Å². The maximum absolute atomic E-state index is 12.3. The number of thioether (sulfide) groups is 1. The summed E-state index contributed by atoms with van der Waals surface area (Å²) in [4.78, 5) is 27.9. The zero-order chi connectivity index (χ0) is 16.6. The van der Waals surface area contributed by atoms with E-state index in [9.17, 15) is 9.59 Å². The number of imide groups is 1. The van der Waals surface area contributed by atoms with Crippen LogP contribution in [0.15, 0.2) is 12.4 Å². The molecule has 0 spiro atoms. The van der Waals surface area contributed by atoms with Crippen LogP contribution >= 0.6 is 11.8 Å². The van der Waals surface area contributed by atoms with Crippen molar-refractivity contribution >= 4 is 23.7 Å². The Hall–Kier alpha value is -1.54. The molecule has 3 rings (SSSR count). The number of nitrogens with one attached hydrogen (secondary N) is 1. The highest BCUT2D eigenvalue weighted by atomic mass is 32.2. The van der Waals surface area contributed by atoms with Gasteiger partial charge >= 0.3 is 6.03 Å². The molecule has 1 aromatic heterocycles. The molecule has 1 N–H and O–H groups in total. The molecular weight excluding hydrogens is 314 g/mol. The number of carbonyl (C=O) groups excluding carboxylic acids is 2. The van der Waals surface area contributed by atoms with Crippen molar-refractivity contribution in [2.75, 3.05) is 31.1 Å². The Balaban J connectivity index is 1.66. The Kier molecular flexibility index (Phi) is 4.37. The standard InChI is InChI=1S/C15H23N5O2S/c1-15(2)13(21)20(14(22)17-15)5-4-19-6-7-23-10-12(19)11-8-16-18(3)9-11/h8-9,12H,4-7,10H2,1-3H3,(H,17,22)/t12-/m0/s1. The summed E-state index contributed by atoms with van der Waals surface area (Å²) in [6.45, 7) is 5.55. The van der Waals surface area contributed by atoms with Crippen LogP contribution in [0.2, 0.25) is 0 Å². The van der Waals surface area contributed by atoms with E-state index in [-0.39, 0.29) is 18.0 Å². The molecule has 126 valence electrons. The second kappa shape index (κ2) is 6.16. The molecule has 0 unspecified atom stereocenters. The molecule has 3 amide bonds. The van der Waals surface area contributed by atoms with Crippen molar-refractivity contribution in [3.8, 4) is 0 Å². The molecule has 0 aliphatic carbocycles. The van der Waals surface area contributed by atoms with E-state index in [1.54, 1.807) is 13.8 Å². The summed E-state index contributed by atoms with van der Waals surface area (Å²) >= 11 is 1.93. The van der Waals surface area contributed by atoms with Crippen molar-refractivity contribution in [2.45, 2.75) is 25.4 Å². The molecule has 0 bridgehead atoms. The number of carbonyl (C=O) groups is 2. The average molecular weight is 337 g/mol. The maximum atomic E-state index is 12.3. The molecule has 2 aliphatic rings. The van der Waals surface area contributed by atoms with E-state index in [1.807, 2.05) is 35.9 Å². The lowest BCUT2D eigenvalue weighted by molar-refractivity contribution is -0.130. The minimum atomic E-state index is -0.794. The maximum Gasteiger partial charge on any atom is 0.325 e. The third kappa shape index (κ3) is 3.23. The number of hydrogen-bond acceptors (Lipinski definition) is 5. The third-order valence-corrected chi connectivity index (χ3v) is 5.43. The van der Waals surface area contributed by atoms with Crippen LogP contribution in [0, 0.1) is 0 Å². The quantitative estimate of drug-likeness (QED) is 0.825. The Morgan fingerprint density at radius 1 is 1.39 bits per heavy atom. The van der Waals surface area contributed by atoms with Crippen LogP contribution in [0.5, 0.6) is 0 Å². The SMILES string of the molecule is Cn1cc([C@@H]2CSCCN2CCN2C(=O)NC(C)(C)C2=O)cn1. The minimum absolute atomic E-state index is 0.146. The van der Waals surface area contributed by atoms with E-state index in [1.165, 1.54) is 10.5 Å². The Morgan fingerprint density at radius 3 is 2.78 bits per heavy atom. The van der Waals surface area contributed by atoms with Crippen LogP contribution in [-0.4, -0.2) is 68.2 Å². The summed E-state index contributed by atoms with van der Waals surface area (Å²) in [5, 5.41) is 6.99. The van der Waals surface area contributed by atoms with Crippen LogP contribution in [0.1, 0.15) is 25.5 Å². The van der Waals surface area contributed by atoms with Gasteiger partial charge in [-0.1, -0.05) is 0 Å². The van der Waals surface area contributed by atoms with Crippen molar-refractivity contribution in [2.24, 2.45) is 7.05 Å². The lowest BCUT2D eigenvalue weighted by Gasteiger charge is -2.35. The lowest BCUT2D eigenvalue weighted by atomic mass is 10.1. The first-order chi connectivity index (χ1) is 10.9. The zero-order valence-electron chi connectivity index (χ0n) is 13.8. The number of aromatic nitrogens is 2. The van der Waals surface area contributed by atoms with E-state index in [4.69, 9.17) is 0 Å². The third-order valence-electron chi connectivity index (χ3n) is 4.40. The summed E-state index contributed by atoms with van der Waals surface area (Å²) in [6, 6.07) is 0.000499. The summed E-state index contributed by atoms with van der Waals surface area (Å²) in [5.41, 5.74) is 0.398. The van der Waals surface area contributed by atoms with Gasteiger partial charge in [0.05, 0.1) is 6.20 Å². The van der Waals surface area contributed by atoms with Gasteiger partial charge in [-0.3, -0.25) is 19.3 Å². The summed E-state index contributed by atoms with van der Waals surface area (Å²) < 4.78 is 1.81. The molecule has 1 aromatic rings. The van der Waals surface area contributed by atoms with Crippen LogP contribution in [0.25, 0.3) is 0 Å². The van der Waals surface area contributed by atoms with Crippen molar-refractivity contribution in [3.05, 3.63) is 18.0 Å². The highest BCUT2D eigenvalue weighted by Crippen LogP contribution is 2.29. The Morgan fingerprint density at radius 2 is 2.17 bits per heavy atom. The average Bonchev–Trinajstić information content (AvgIpc) is 3.00. The molecule has 2 saturated heterocycles. The fourth-order valence-corrected chi connectivity index (χ4v) is 4.23. The predicted molar refractivity (Wildman–Crippen MR) is 89.2 cm³/mol. The highest BCUT2D eigenvalue weighted by Gasteiger charge is 2.44. The second-order valence-electron chi connectivity index (χ2n) is 6.59. The van der Waals surface area contributed by atoms with Gasteiger partial charge in [0, 0.05) is 56.0 Å². The van der Waals surface area contributed by atoms with E-state index in [0.29, 0.717) is 13.1 Å². The zero-order valence-corrected chi connectivity index (χ0v) is 14.6. The molecular formula is C15H23N5O2S. The number of rotatable bonds is 4. The summed E-state index contributed by atoms with van der Waals surface area (Å²) in [6.07, 6.45) is 3.95. The number of amides is 3. The monoisotopic (exact) mass is 337 g/mol. The Labute approximate surface area is 140 Å². The van der Waals surface area contributed by atoms with Gasteiger partial charge in [0.25, 0.3) is 5.91 Å². The number of aryl methyl sites for hydroxylation is 1. The smallest absolute Gasteiger partial charge is 0.324 e. The molecule has 0 radical (unpaired) electrons. The minimum Gasteiger partial charge on any atom is -0.324 e. The number of hydrogen-bond donors (Lipinski definition) is 1. The predicted octanol–water partition coefficient (Wildman–Crippen LogP) is 0.840. The molecule has 23 heavy (non-hydrogen) atoms. The normalized spacial score (nSPS) is 25.0. The van der Waals surface area contributed by atoms with Gasteiger partial charge in [0.1, 0.15) is 5.54 Å². The molecule has 7 nitrogen and oxygen atoms in total. The summed E-state index contributed by atoms with van der Waals surface area (Å²) in [5.74, 6) is 1.94. The fraction of sp³-hybridized carbons (Fsp3) is 0.667. The molecule has 8 heteroatoms. The van der Waals surface area contributed by atoms with Gasteiger partial charge in [-0.2, -0.15) is 16.9 Å². The van der Waals surface area contributed by atoms with Gasteiger partial charge in [-0.15, -0.1) is 0 Å². The second-order valence-corrected chi connectivity index (χ2v) is 7.74. The van der Waals surface area contributed by atoms with Gasteiger partial charge in [0.15, 0.2) is 0 Å². The van der Waals surface area contributed by atoms with E-state index in [0.717, 1.165) is 18.1 Å². The van der Waals surface area contributed by atoms with Crippen LogP contribution in [-0.2, 0) is 11.8 Å². The first kappa shape index (κ1) is 16.3. The van der Waals surface area contributed by atoms with Gasteiger partial charge in [-0.05, 0) is 13.8 Å². The molecule has 0 saturated carbocycles. The number of nitrogens with zero attached hydrogens (tertiary/aromatic N) is 4. The lowest BCUT2D eigenvalue weighted by Crippen LogP contribution is -2.44. The first-order valence-corrected chi connectivity index (χ1v) is 8.98. The number of urea groups is 1. The Bertz CT molecular complexity index is 615. The molecule has 3 heterocycles. The summed E-state index contributed by atoms with van der Waals surface area (Å²) in [7, 11) is 1.92. The first-order valence-electron chi connectivity index (χ1n) is 7.83. The van der Waals surface area contributed by atoms with Crippen LogP contribution in [0.3, 0.4) is 0 Å². The highest BCUT2D eigenvalue weighted by molar-refractivity contribution is 7.99. The topological polar surface area (TPSA) is 70.5 Å². The largest absolute Gasteiger partial charge is 0.325 e. The van der Waals surface area contributed by atoms with E-state index >= 15 is 0 Å². The molecule has 1 atom stereocenters. The molecule has 2 aliphatic heterocycles. The van der Waals surface area contributed by atoms with E-state index in [2.05, 4.69) is 15.3 Å². The van der Waals surface area contributed by atoms with E-state index < -0.39 is 5.54 Å². The fourth-order valence-electron chi connectivity index (χ4n) is 3.07. The van der Waals surface area contributed by atoms with Gasteiger partial charge < -0.3 is 5.32 Å². The van der Waals surface area contributed by atoms with Crippen LogP contribution < -0.4 is 5.32 Å². The molecule has 0 aromatic carbocycles. The van der Waals surface area contributed by atoms with Crippen molar-refractivity contribution < 1.29 is 9.59 Å².